The van der Waals surface area contributed by atoms with Crippen LogP contribution in [0.5, 0.6) is 0 Å². The maximum absolute atomic E-state index is 5.71. The Kier molecular flexibility index (Phi) is 1.52. The van der Waals surface area contributed by atoms with Gasteiger partial charge in [-0.05, 0) is 55.2 Å². The van der Waals surface area contributed by atoms with Crippen molar-refractivity contribution in [2.75, 3.05) is 6.61 Å². The summed E-state index contributed by atoms with van der Waals surface area (Å²) in [5, 5.41) is 0. The van der Waals surface area contributed by atoms with Gasteiger partial charge in [-0.3, -0.25) is 0 Å². The maximum Gasteiger partial charge on any atom is 0.100 e. The molecule has 1 aliphatic heterocycles. The van der Waals surface area contributed by atoms with E-state index in [-0.39, 0.29) is 0 Å². The SMILES string of the molecule is C1=C2CCCC1C1=C2C=C2OCCC2C1. The van der Waals surface area contributed by atoms with Crippen molar-refractivity contribution < 1.29 is 4.74 Å². The molecule has 15 heavy (non-hydrogen) atoms. The Balaban J connectivity index is 1.80. The zero-order chi connectivity index (χ0) is 9.83. The van der Waals surface area contributed by atoms with Gasteiger partial charge in [0.25, 0.3) is 0 Å². The fourth-order valence-corrected chi connectivity index (χ4v) is 3.62. The van der Waals surface area contributed by atoms with E-state index in [1.54, 1.807) is 16.7 Å². The summed E-state index contributed by atoms with van der Waals surface area (Å²) >= 11 is 0. The van der Waals surface area contributed by atoms with Gasteiger partial charge >= 0.3 is 0 Å². The number of allylic oxidation sites excluding steroid dienone is 6. The van der Waals surface area contributed by atoms with Crippen molar-refractivity contribution in [1.82, 2.24) is 0 Å². The number of fused-ring (bicyclic) bond motifs is 4. The standard InChI is InChI=1S/C14H16O/c1-2-9-6-10(3-1)13-8-14-11(4-5-15-14)7-12(9)13/h6,8-9,11H,1-5,7H2. The van der Waals surface area contributed by atoms with Crippen LogP contribution >= 0.6 is 0 Å². The van der Waals surface area contributed by atoms with Crippen molar-refractivity contribution in [2.24, 2.45) is 11.8 Å². The summed E-state index contributed by atoms with van der Waals surface area (Å²) in [5.41, 5.74) is 4.91. The molecule has 0 spiro atoms. The lowest BCUT2D eigenvalue weighted by Crippen LogP contribution is -2.09. The molecule has 0 aromatic rings. The minimum absolute atomic E-state index is 0.720. The molecule has 3 aliphatic carbocycles. The third-order valence-corrected chi connectivity index (χ3v) is 4.39. The van der Waals surface area contributed by atoms with Crippen molar-refractivity contribution >= 4 is 0 Å². The van der Waals surface area contributed by atoms with Gasteiger partial charge in [0, 0.05) is 5.92 Å². The highest BCUT2D eigenvalue weighted by Gasteiger charge is 2.36. The van der Waals surface area contributed by atoms with E-state index in [0.717, 1.165) is 18.4 Å². The van der Waals surface area contributed by atoms with Gasteiger partial charge in [0.1, 0.15) is 5.76 Å². The first-order valence-electron chi connectivity index (χ1n) is 6.20. The molecule has 4 aliphatic rings. The monoisotopic (exact) mass is 200 g/mol. The summed E-state index contributed by atoms with van der Waals surface area (Å²) in [5.74, 6) is 2.79. The predicted molar refractivity (Wildman–Crippen MR) is 59.2 cm³/mol. The summed E-state index contributed by atoms with van der Waals surface area (Å²) in [4.78, 5) is 0. The predicted octanol–water partition coefficient (Wildman–Crippen LogP) is 3.35. The Morgan fingerprint density at radius 1 is 1.27 bits per heavy atom. The van der Waals surface area contributed by atoms with E-state index in [0.29, 0.717) is 0 Å². The van der Waals surface area contributed by atoms with Gasteiger partial charge in [0.05, 0.1) is 6.61 Å². The Morgan fingerprint density at radius 3 is 3.27 bits per heavy atom. The average Bonchev–Trinajstić information content (AvgIpc) is 2.82. The first-order chi connectivity index (χ1) is 7.42. The van der Waals surface area contributed by atoms with E-state index < -0.39 is 0 Å². The van der Waals surface area contributed by atoms with E-state index in [1.165, 1.54) is 37.9 Å². The van der Waals surface area contributed by atoms with Crippen molar-refractivity contribution in [3.8, 4) is 0 Å². The molecule has 78 valence electrons. The normalized spacial score (nSPS) is 36.8. The second kappa shape index (κ2) is 2.78. The quantitative estimate of drug-likeness (QED) is 0.582. The molecular formula is C14H16O. The van der Waals surface area contributed by atoms with Crippen LogP contribution in [0.15, 0.2) is 34.6 Å². The zero-order valence-electron chi connectivity index (χ0n) is 8.96. The van der Waals surface area contributed by atoms with Crippen LogP contribution in [0.4, 0.5) is 0 Å². The van der Waals surface area contributed by atoms with Crippen LogP contribution in [0.3, 0.4) is 0 Å². The number of rotatable bonds is 0. The van der Waals surface area contributed by atoms with Crippen molar-refractivity contribution in [1.29, 1.82) is 0 Å². The van der Waals surface area contributed by atoms with Crippen molar-refractivity contribution in [2.45, 2.75) is 32.1 Å². The first kappa shape index (κ1) is 8.20. The van der Waals surface area contributed by atoms with Gasteiger partial charge in [-0.1, -0.05) is 11.6 Å². The van der Waals surface area contributed by atoms with Gasteiger partial charge in [-0.15, -0.1) is 0 Å². The second-order valence-corrected chi connectivity index (χ2v) is 5.21. The highest BCUT2D eigenvalue weighted by atomic mass is 16.5. The van der Waals surface area contributed by atoms with Gasteiger partial charge in [-0.2, -0.15) is 0 Å². The van der Waals surface area contributed by atoms with Crippen LogP contribution in [0.2, 0.25) is 0 Å². The Labute approximate surface area is 90.5 Å². The van der Waals surface area contributed by atoms with Crippen molar-refractivity contribution in [3.05, 3.63) is 34.6 Å². The zero-order valence-corrected chi connectivity index (χ0v) is 8.96. The summed E-state index contributed by atoms with van der Waals surface area (Å²) in [7, 11) is 0. The molecule has 0 aromatic heterocycles. The van der Waals surface area contributed by atoms with Crippen LogP contribution in [-0.4, -0.2) is 6.61 Å². The van der Waals surface area contributed by atoms with Crippen LogP contribution in [0, 0.1) is 11.8 Å². The highest BCUT2D eigenvalue weighted by molar-refractivity contribution is 5.55. The molecule has 1 saturated heterocycles. The molecule has 2 unspecified atom stereocenters. The van der Waals surface area contributed by atoms with Crippen LogP contribution in [0.1, 0.15) is 32.1 Å². The molecule has 0 saturated carbocycles. The van der Waals surface area contributed by atoms with Gasteiger partial charge in [-0.25, -0.2) is 0 Å². The molecular weight excluding hydrogens is 184 g/mol. The van der Waals surface area contributed by atoms with Crippen molar-refractivity contribution in [3.63, 3.8) is 0 Å². The third-order valence-electron chi connectivity index (χ3n) is 4.39. The van der Waals surface area contributed by atoms with Gasteiger partial charge in [0.2, 0.25) is 0 Å². The second-order valence-electron chi connectivity index (χ2n) is 5.21. The van der Waals surface area contributed by atoms with Crippen LogP contribution in [-0.2, 0) is 4.74 Å². The van der Waals surface area contributed by atoms with E-state index >= 15 is 0 Å². The van der Waals surface area contributed by atoms with E-state index in [1.807, 2.05) is 0 Å². The minimum Gasteiger partial charge on any atom is -0.498 e. The first-order valence-corrected chi connectivity index (χ1v) is 6.20. The molecule has 0 radical (unpaired) electrons. The fraction of sp³-hybridized carbons (Fsp3) is 0.571. The maximum atomic E-state index is 5.71. The van der Waals surface area contributed by atoms with Gasteiger partial charge in [0.15, 0.2) is 0 Å². The third kappa shape index (κ3) is 1.04. The minimum atomic E-state index is 0.720. The molecule has 4 rings (SSSR count). The average molecular weight is 200 g/mol. The molecule has 0 amide bonds. The molecule has 1 heteroatoms. The number of hydrogen-bond donors (Lipinski definition) is 0. The molecule has 2 bridgehead atoms. The fourth-order valence-electron chi connectivity index (χ4n) is 3.62. The van der Waals surface area contributed by atoms with E-state index in [4.69, 9.17) is 4.74 Å². The summed E-state index contributed by atoms with van der Waals surface area (Å²) in [6.07, 6.45) is 11.5. The molecule has 1 fully saturated rings. The molecule has 2 atom stereocenters. The van der Waals surface area contributed by atoms with Crippen LogP contribution < -0.4 is 0 Å². The van der Waals surface area contributed by atoms with E-state index in [2.05, 4.69) is 12.2 Å². The van der Waals surface area contributed by atoms with Crippen LogP contribution in [0.25, 0.3) is 0 Å². The molecule has 0 N–H and O–H groups in total. The smallest absolute Gasteiger partial charge is 0.100 e. The summed E-state index contributed by atoms with van der Waals surface area (Å²) in [6, 6.07) is 0. The lowest BCUT2D eigenvalue weighted by Gasteiger charge is -2.21. The number of ether oxygens (including phenoxy) is 1. The van der Waals surface area contributed by atoms with Gasteiger partial charge < -0.3 is 4.74 Å². The Hall–Kier alpha value is -0.980. The van der Waals surface area contributed by atoms with E-state index in [9.17, 15) is 0 Å². The lowest BCUT2D eigenvalue weighted by atomic mass is 9.84. The summed E-state index contributed by atoms with van der Waals surface area (Å²) in [6.45, 7) is 0.945. The largest absolute Gasteiger partial charge is 0.498 e. The topological polar surface area (TPSA) is 9.23 Å². The number of hydrogen-bond acceptors (Lipinski definition) is 1. The Bertz CT molecular complexity index is 411. The molecule has 1 heterocycles. The highest BCUT2D eigenvalue weighted by Crippen LogP contribution is 2.49. The molecule has 0 aromatic carbocycles. The summed E-state index contributed by atoms with van der Waals surface area (Å²) < 4.78 is 5.71. The lowest BCUT2D eigenvalue weighted by molar-refractivity contribution is 0.257. The molecule has 1 nitrogen and oxygen atoms in total. The Morgan fingerprint density at radius 2 is 2.27 bits per heavy atom.